The second-order valence-electron chi connectivity index (χ2n) is 3.63. The van der Waals surface area contributed by atoms with Crippen molar-refractivity contribution in [3.63, 3.8) is 0 Å². The molecule has 1 aromatic rings. The molecule has 0 unspecified atom stereocenters. The van der Waals surface area contributed by atoms with Crippen LogP contribution >= 0.6 is 28.7 Å². The summed E-state index contributed by atoms with van der Waals surface area (Å²) in [5.41, 5.74) is 2.22. The standard InChI is InChI=1S/C12H15N3S.BrH/c1-2-8-15-12(13)16-9-11(14-15)10-6-4-3-5-7-10;/h3-7,13H,2,8-9H2,1H3;1H. The zero-order valence-corrected chi connectivity index (χ0v) is 12.2. The number of benzene rings is 1. The Hall–Kier alpha value is -0.810. The van der Waals surface area contributed by atoms with Gasteiger partial charge < -0.3 is 0 Å². The van der Waals surface area contributed by atoms with Gasteiger partial charge in [-0.1, -0.05) is 49.0 Å². The number of amidine groups is 1. The quantitative estimate of drug-likeness (QED) is 0.929. The molecule has 0 aliphatic carbocycles. The van der Waals surface area contributed by atoms with E-state index in [1.165, 1.54) is 0 Å². The molecule has 0 fully saturated rings. The number of nitrogens with one attached hydrogen (secondary N) is 1. The summed E-state index contributed by atoms with van der Waals surface area (Å²) in [6.07, 6.45) is 1.01. The van der Waals surface area contributed by atoms with E-state index in [9.17, 15) is 0 Å². The lowest BCUT2D eigenvalue weighted by Gasteiger charge is -2.24. The van der Waals surface area contributed by atoms with Crippen LogP contribution in [-0.2, 0) is 0 Å². The first-order chi connectivity index (χ1) is 7.81. The van der Waals surface area contributed by atoms with E-state index in [1.807, 2.05) is 18.2 Å². The minimum absolute atomic E-state index is 0. The minimum atomic E-state index is 0. The van der Waals surface area contributed by atoms with Crippen LogP contribution in [-0.4, -0.2) is 28.2 Å². The summed E-state index contributed by atoms with van der Waals surface area (Å²) in [4.78, 5) is 0. The van der Waals surface area contributed by atoms with Crippen LogP contribution in [0.25, 0.3) is 0 Å². The van der Waals surface area contributed by atoms with Gasteiger partial charge in [-0.2, -0.15) is 5.10 Å². The molecule has 0 bridgehead atoms. The highest BCUT2D eigenvalue weighted by atomic mass is 79.9. The zero-order chi connectivity index (χ0) is 11.4. The lowest BCUT2D eigenvalue weighted by Crippen LogP contribution is -2.30. The Morgan fingerprint density at radius 1 is 1.35 bits per heavy atom. The molecular formula is C12H16BrN3S. The van der Waals surface area contributed by atoms with Crippen molar-refractivity contribution in [3.8, 4) is 0 Å². The largest absolute Gasteiger partial charge is 0.277 e. The van der Waals surface area contributed by atoms with Crippen LogP contribution in [0, 0.1) is 5.41 Å². The second kappa shape index (κ2) is 6.81. The third-order valence-electron chi connectivity index (χ3n) is 2.36. The Morgan fingerprint density at radius 3 is 2.71 bits per heavy atom. The summed E-state index contributed by atoms with van der Waals surface area (Å²) < 4.78 is 0. The average molecular weight is 314 g/mol. The van der Waals surface area contributed by atoms with Crippen LogP contribution in [0.2, 0.25) is 0 Å². The van der Waals surface area contributed by atoms with Crippen LogP contribution in [0.5, 0.6) is 0 Å². The summed E-state index contributed by atoms with van der Waals surface area (Å²) >= 11 is 1.55. The van der Waals surface area contributed by atoms with E-state index in [4.69, 9.17) is 5.41 Å². The van der Waals surface area contributed by atoms with Gasteiger partial charge >= 0.3 is 0 Å². The maximum Gasteiger partial charge on any atom is 0.177 e. The molecule has 3 nitrogen and oxygen atoms in total. The molecule has 1 heterocycles. The highest BCUT2D eigenvalue weighted by molar-refractivity contribution is 8.93. The van der Waals surface area contributed by atoms with Gasteiger partial charge in [0.05, 0.1) is 5.71 Å². The fraction of sp³-hybridized carbons (Fsp3) is 0.333. The van der Waals surface area contributed by atoms with Gasteiger partial charge in [-0.05, 0) is 12.0 Å². The first-order valence-corrected chi connectivity index (χ1v) is 6.41. The summed E-state index contributed by atoms with van der Waals surface area (Å²) in [6, 6.07) is 10.2. The van der Waals surface area contributed by atoms with Crippen LogP contribution in [0.3, 0.4) is 0 Å². The van der Waals surface area contributed by atoms with Crippen molar-refractivity contribution in [3.05, 3.63) is 35.9 Å². The summed E-state index contributed by atoms with van der Waals surface area (Å²) in [6.45, 7) is 2.92. The number of rotatable bonds is 3. The Balaban J connectivity index is 0.00000144. The van der Waals surface area contributed by atoms with Crippen LogP contribution in [0.15, 0.2) is 35.4 Å². The van der Waals surface area contributed by atoms with Gasteiger partial charge in [0.1, 0.15) is 0 Å². The summed E-state index contributed by atoms with van der Waals surface area (Å²) in [7, 11) is 0. The molecule has 0 saturated heterocycles. The van der Waals surface area contributed by atoms with Crippen molar-refractivity contribution < 1.29 is 0 Å². The van der Waals surface area contributed by atoms with Crippen molar-refractivity contribution in [1.82, 2.24) is 5.01 Å². The zero-order valence-electron chi connectivity index (χ0n) is 9.72. The van der Waals surface area contributed by atoms with Gasteiger partial charge in [0, 0.05) is 12.3 Å². The van der Waals surface area contributed by atoms with Crippen LogP contribution in [0.4, 0.5) is 0 Å². The molecule has 17 heavy (non-hydrogen) atoms. The number of nitrogens with zero attached hydrogens (tertiary/aromatic N) is 2. The topological polar surface area (TPSA) is 39.5 Å². The molecule has 1 aliphatic rings. The van der Waals surface area contributed by atoms with E-state index >= 15 is 0 Å². The molecule has 0 spiro atoms. The Labute approximate surface area is 117 Å². The fourth-order valence-corrected chi connectivity index (χ4v) is 2.35. The maximum atomic E-state index is 7.78. The molecule has 1 aromatic carbocycles. The van der Waals surface area contributed by atoms with E-state index in [0.29, 0.717) is 5.17 Å². The fourth-order valence-electron chi connectivity index (χ4n) is 1.57. The smallest absolute Gasteiger partial charge is 0.177 e. The van der Waals surface area contributed by atoms with Gasteiger partial charge in [0.15, 0.2) is 5.17 Å². The van der Waals surface area contributed by atoms with Crippen LogP contribution in [0.1, 0.15) is 18.9 Å². The molecule has 0 atom stereocenters. The normalized spacial score (nSPS) is 15.2. The molecule has 1 N–H and O–H groups in total. The second-order valence-corrected chi connectivity index (χ2v) is 4.59. The highest BCUT2D eigenvalue weighted by Gasteiger charge is 2.17. The van der Waals surface area contributed by atoms with Crippen molar-refractivity contribution in [2.75, 3.05) is 12.3 Å². The lowest BCUT2D eigenvalue weighted by molar-refractivity contribution is 0.448. The number of hydrazone groups is 1. The summed E-state index contributed by atoms with van der Waals surface area (Å²) in [5.74, 6) is 0.795. The molecule has 0 aromatic heterocycles. The molecule has 0 saturated carbocycles. The van der Waals surface area contributed by atoms with E-state index in [1.54, 1.807) is 16.8 Å². The molecule has 0 amide bonds. The Morgan fingerprint density at radius 2 is 2.06 bits per heavy atom. The van der Waals surface area contributed by atoms with Crippen molar-refractivity contribution in [2.45, 2.75) is 13.3 Å². The molecule has 0 radical (unpaired) electrons. The first kappa shape index (κ1) is 14.3. The Kier molecular flexibility index (Phi) is 5.71. The molecule has 2 rings (SSSR count). The molecule has 1 aliphatic heterocycles. The van der Waals surface area contributed by atoms with E-state index in [2.05, 4.69) is 24.2 Å². The summed E-state index contributed by atoms with van der Waals surface area (Å²) in [5, 5.41) is 14.7. The van der Waals surface area contributed by atoms with Gasteiger partial charge in [0.25, 0.3) is 0 Å². The number of hydrogen-bond donors (Lipinski definition) is 1. The minimum Gasteiger partial charge on any atom is -0.277 e. The molecule has 5 heteroatoms. The molecular weight excluding hydrogens is 298 g/mol. The van der Waals surface area contributed by atoms with Crippen LogP contribution < -0.4 is 0 Å². The average Bonchev–Trinajstić information content (AvgIpc) is 2.33. The third-order valence-corrected chi connectivity index (χ3v) is 3.27. The number of thioether (sulfide) groups is 1. The lowest BCUT2D eigenvalue weighted by atomic mass is 10.1. The van der Waals surface area contributed by atoms with Crippen molar-refractivity contribution >= 4 is 39.6 Å². The SMILES string of the molecule is Br.CCCN1N=C(c2ccccc2)CSC1=N. The number of halogens is 1. The third kappa shape index (κ3) is 3.57. The predicted octanol–water partition coefficient (Wildman–Crippen LogP) is 3.36. The van der Waals surface area contributed by atoms with E-state index in [-0.39, 0.29) is 17.0 Å². The number of hydrogen-bond acceptors (Lipinski definition) is 3. The van der Waals surface area contributed by atoms with E-state index in [0.717, 1.165) is 30.0 Å². The van der Waals surface area contributed by atoms with Gasteiger partial charge in [-0.25, -0.2) is 5.01 Å². The highest BCUT2D eigenvalue weighted by Crippen LogP contribution is 2.18. The first-order valence-electron chi connectivity index (χ1n) is 5.43. The molecule has 92 valence electrons. The van der Waals surface area contributed by atoms with Gasteiger partial charge in [-0.15, -0.1) is 17.0 Å². The van der Waals surface area contributed by atoms with Crippen molar-refractivity contribution in [2.24, 2.45) is 5.10 Å². The maximum absolute atomic E-state index is 7.78. The van der Waals surface area contributed by atoms with Crippen molar-refractivity contribution in [1.29, 1.82) is 5.41 Å². The Bertz CT molecular complexity index is 405. The monoisotopic (exact) mass is 313 g/mol. The van der Waals surface area contributed by atoms with Gasteiger partial charge in [0.2, 0.25) is 0 Å². The van der Waals surface area contributed by atoms with E-state index < -0.39 is 0 Å². The predicted molar refractivity (Wildman–Crippen MR) is 80.5 cm³/mol. The van der Waals surface area contributed by atoms with Gasteiger partial charge in [-0.3, -0.25) is 5.41 Å².